The Kier molecular flexibility index (Phi) is 95.5. The van der Waals surface area contributed by atoms with Gasteiger partial charge in [-0.25, -0.2) is 24.0 Å². The number of carbonyl (C=O) groups excluding carboxylic acids is 6. The van der Waals surface area contributed by atoms with Crippen LogP contribution in [0.25, 0.3) is 0 Å². The Hall–Kier alpha value is -8.19. The first-order valence-electron chi connectivity index (χ1n) is 43.0. The number of carboxylic acids is 2. The number of nitrogens with two attached hydrogens (primary N) is 2. The maximum absolute atomic E-state index is 12.7. The molecule has 0 fully saturated rings. The Labute approximate surface area is 909 Å². The van der Waals surface area contributed by atoms with Gasteiger partial charge in [-0.2, -0.15) is 0 Å². The van der Waals surface area contributed by atoms with E-state index in [1.54, 1.807) is 131 Å². The van der Waals surface area contributed by atoms with Crippen molar-refractivity contribution >= 4 is 70.8 Å². The molecular weight excluding hydrogens is 1910 g/mol. The number of benzene rings is 6. The summed E-state index contributed by atoms with van der Waals surface area (Å²) in [5.41, 5.74) is 12.5. The van der Waals surface area contributed by atoms with Crippen molar-refractivity contribution in [3.8, 4) is 69.0 Å². The smallest absolute Gasteiger partial charge is 1.00 e. The summed E-state index contributed by atoms with van der Waals surface area (Å²) >= 11 is 2.39. The molecule has 0 radical (unpaired) electrons. The van der Waals surface area contributed by atoms with E-state index in [9.17, 15) is 38.7 Å². The van der Waals surface area contributed by atoms with Crippen LogP contribution in [0.3, 0.4) is 0 Å². The van der Waals surface area contributed by atoms with Crippen LogP contribution in [0.4, 0.5) is 9.50 Å². The van der Waals surface area contributed by atoms with Gasteiger partial charge in [0.1, 0.15) is 91.2 Å². The second kappa shape index (κ2) is 92.2. The van der Waals surface area contributed by atoms with Crippen molar-refractivity contribution in [2.75, 3.05) is 121 Å². The van der Waals surface area contributed by atoms with Crippen LogP contribution >= 0.6 is 22.6 Å². The monoisotopic (exact) mass is 2060 g/mol. The summed E-state index contributed by atoms with van der Waals surface area (Å²) < 4.78 is 72.1. The predicted octanol–water partition coefficient (Wildman–Crippen LogP) is 9.44. The summed E-state index contributed by atoms with van der Waals surface area (Å²) in [6, 6.07) is 36.5. The molecule has 33 nitrogen and oxygen atoms in total. The van der Waals surface area contributed by atoms with Crippen LogP contribution in [0.1, 0.15) is 241 Å². The van der Waals surface area contributed by atoms with Crippen LogP contribution in [-0.4, -0.2) is 199 Å². The van der Waals surface area contributed by atoms with Crippen molar-refractivity contribution in [3.63, 3.8) is 0 Å². The van der Waals surface area contributed by atoms with Crippen LogP contribution in [0.5, 0.6) is 69.0 Å². The van der Waals surface area contributed by atoms with E-state index in [-0.39, 0.29) is 187 Å². The first kappa shape index (κ1) is 140. The Bertz CT molecular complexity index is 4190. The van der Waals surface area contributed by atoms with Crippen molar-refractivity contribution in [1.29, 1.82) is 0 Å². The van der Waals surface area contributed by atoms with E-state index in [1.807, 2.05) is 38.1 Å². The average Bonchev–Trinajstić information content (AvgIpc) is 1.06. The van der Waals surface area contributed by atoms with Crippen molar-refractivity contribution in [2.45, 2.75) is 177 Å². The van der Waals surface area contributed by atoms with E-state index in [1.165, 1.54) is 99.1 Å². The van der Waals surface area contributed by atoms with Crippen LogP contribution in [-0.2, 0) is 19.2 Å². The summed E-state index contributed by atoms with van der Waals surface area (Å²) in [6.45, 7) is 17.9. The van der Waals surface area contributed by atoms with Crippen molar-refractivity contribution in [2.24, 2.45) is 11.5 Å². The second-order valence-electron chi connectivity index (χ2n) is 27.4. The fourth-order valence-corrected chi connectivity index (χ4v) is 11.1. The molecule has 0 spiro atoms. The number of aromatic carboxylic acids is 2. The summed E-state index contributed by atoms with van der Waals surface area (Å²) in [5.74, 6) is 2.57. The fourth-order valence-electron chi connectivity index (χ4n) is 10.3. The van der Waals surface area contributed by atoms with Gasteiger partial charge >= 0.3 is 152 Å². The summed E-state index contributed by atoms with van der Waals surface area (Å²) in [6.07, 6.45) is 27.7. The van der Waals surface area contributed by atoms with Gasteiger partial charge in [-0.15, -0.1) is 0 Å². The van der Waals surface area contributed by atoms with Crippen molar-refractivity contribution in [3.05, 3.63) is 192 Å². The number of carboxylic acid groups (broad SMARTS) is 2. The molecule has 0 unspecified atom stereocenters. The molecule has 0 saturated carbocycles. The molecule has 8 rings (SSSR count). The van der Waals surface area contributed by atoms with Gasteiger partial charge in [0.2, 0.25) is 0 Å². The van der Waals surface area contributed by atoms with Gasteiger partial charge < -0.3 is 116 Å². The molecule has 2 heterocycles. The number of esters is 2. The summed E-state index contributed by atoms with van der Waals surface area (Å²) in [5, 5.41) is 41.7. The van der Waals surface area contributed by atoms with Crippen LogP contribution in [0.2, 0.25) is 0 Å². The number of methoxy groups -OCH3 is 8. The number of halogens is 2. The third kappa shape index (κ3) is 62.4. The normalized spacial score (nSPS) is 9.38. The zero-order valence-corrected chi connectivity index (χ0v) is 89.7. The maximum Gasteiger partial charge on any atom is 1.00 e. The molecular formula is C97H145FIK2LiN6O27. The molecule has 38 heteroatoms. The molecule has 0 atom stereocenters. The Balaban J connectivity index is -0.000000240. The van der Waals surface area contributed by atoms with Gasteiger partial charge in [-0.05, 0) is 179 Å². The molecule has 2 aromatic heterocycles. The van der Waals surface area contributed by atoms with E-state index < -0.39 is 23.9 Å². The number of alkyl halides is 1. The van der Waals surface area contributed by atoms with E-state index >= 15 is 0 Å². The quantitative estimate of drug-likeness (QED) is 0.00273. The molecule has 0 aliphatic rings. The first-order valence-corrected chi connectivity index (χ1v) is 44.6. The van der Waals surface area contributed by atoms with Crippen LogP contribution in [0, 0.1) is 0 Å². The van der Waals surface area contributed by atoms with Gasteiger partial charge in [0, 0.05) is 74.3 Å². The number of hydrogen-bond acceptors (Lipinski definition) is 27. The number of phenolic OH excluding ortho intramolecular Hbond substituents is 1. The van der Waals surface area contributed by atoms with Crippen LogP contribution < -0.4 is 201 Å². The van der Waals surface area contributed by atoms with Gasteiger partial charge in [-0.3, -0.25) is 28.2 Å². The van der Waals surface area contributed by atoms with Gasteiger partial charge in [0.05, 0.1) is 101 Å². The number of aromatic hydroxyl groups is 1. The molecule has 742 valence electrons. The maximum atomic E-state index is 12.7. The Morgan fingerprint density at radius 1 is 0.400 bits per heavy atom. The number of ether oxygens (including phenoxy) is 13. The van der Waals surface area contributed by atoms with E-state index in [0.717, 1.165) is 116 Å². The number of phenols is 1. The third-order valence-electron chi connectivity index (χ3n) is 17.7. The first-order chi connectivity index (χ1) is 62.4. The standard InChI is InChI=1S/C30H44N2O6.C13H18O4.2C12H16O4.C9H8N2O.C9H10O4.C6H16N2.C4H9I.CH2O3.CH4.FH.2K.Li.H2O.H/c1-5-7-19-37-27-21-23(35-3)13-15-25(27)29(33)31-17-11-9-10-12-18-32-30(34)26-16-14-24(36-4)22-28(26)38-20-8-6-2;1-4-5-8-17-12-9-10(15-2)6-7-11(12)13(14)16-3;2*1-3-4-7-16-11-8-9(15-2)5-6-10(11)12(13)14;12-9(10-5-1-2-6-10)11-7-3-4-8-11;1-12-6-3-4-7(8(10)5-6)9(11)13-2;7-5-3-1-2-4-6-8;1-2-3-4-5;2-1-4-3;;;;;;;/h13-16,21-22H,5-12,17-20H2,1-4H3,(H,31,33)(H,32,34);6-7,9H,4-5,8H2,1-3H3;2*5-6,8H,3-4,7H2,1-2H3,(H,13,14);1-8H;3-5,10H,1-2H3;1-8H2;2-4H2,1H3;1,3H;1H4;1H;;;;1H2;/q;;;;;;;;;;;3*+1;;-1/p-2. The number of aromatic nitrogens is 2. The molecule has 10 N–H and O–H groups in total. The largest absolute Gasteiger partial charge is 1.00 e. The van der Waals surface area contributed by atoms with Crippen molar-refractivity contribution < 1.29 is 259 Å². The zero-order chi connectivity index (χ0) is 96.2. The minimum atomic E-state index is -0.992. The molecule has 0 aliphatic heterocycles. The summed E-state index contributed by atoms with van der Waals surface area (Å²) in [4.78, 5) is 92.5. The number of hydrogen-bond donors (Lipinski definition) is 7. The average molecular weight is 2060 g/mol. The minimum Gasteiger partial charge on any atom is -1.00 e. The molecule has 6 aromatic carbocycles. The topological polar surface area (TPSA) is 465 Å². The molecule has 135 heavy (non-hydrogen) atoms. The minimum absolute atomic E-state index is 0. The van der Waals surface area contributed by atoms with Gasteiger partial charge in [0.25, 0.3) is 18.3 Å². The fraction of sp³-hybridized carbons (Fsp3) is 0.464. The third-order valence-corrected chi connectivity index (χ3v) is 18.5. The molecule has 0 saturated heterocycles. The van der Waals surface area contributed by atoms with E-state index in [2.05, 4.69) is 70.5 Å². The van der Waals surface area contributed by atoms with Crippen LogP contribution in [0.15, 0.2) is 158 Å². The number of unbranched alkanes of at least 4 members (excludes halogenated alkanes) is 12. The van der Waals surface area contributed by atoms with Gasteiger partial charge in [-0.1, -0.05) is 136 Å². The van der Waals surface area contributed by atoms with Gasteiger partial charge in [0.15, 0.2) is 0 Å². The molecule has 2 amide bonds. The molecule has 0 bridgehead atoms. The SMILES string of the molecule is C.CCCCI.CCCCOc1cc(OC)ccc1C(=O)NCCCCCCNC(=O)c1ccc(OC)cc1OCCCC.CCCCOc1cc(OC)ccc1C(=O)O.CCCCOc1cc(OC)ccc1C(=O)O.CCCCOc1cc(OC)ccc1C(=O)OC.COC(=O)c1ccc(OC)cc1O.F.NCCCCCCN.O=C(n1cccc1)n1cccc1.O=CO[O-].[H-].[K+].[K+].[Li+].[OH-]. The Morgan fingerprint density at radius 3 is 0.881 bits per heavy atom. The number of nitrogens with zero attached hydrogens (tertiary/aromatic N) is 2. The predicted molar refractivity (Wildman–Crippen MR) is 516 cm³/mol. The summed E-state index contributed by atoms with van der Waals surface area (Å²) in [7, 11) is 11.9. The molecule has 8 aromatic rings. The molecule has 0 aliphatic carbocycles. The van der Waals surface area contributed by atoms with E-state index in [0.29, 0.717) is 126 Å². The number of rotatable bonds is 47. The number of nitrogens with one attached hydrogen (secondary N) is 2. The zero-order valence-electron chi connectivity index (χ0n) is 82.3. The number of amides is 2. The second-order valence-corrected chi connectivity index (χ2v) is 28.5. The Morgan fingerprint density at radius 2 is 0.644 bits per heavy atom. The van der Waals surface area contributed by atoms with E-state index in [4.69, 9.17) is 88.6 Å². The van der Waals surface area contributed by atoms with Crippen molar-refractivity contribution in [1.82, 2.24) is 19.8 Å². The number of carbonyl (C=O) groups is 8.